The number of amides is 1. The number of carbonyl (C=O) groups excluding carboxylic acids is 1. The Kier molecular flexibility index (Phi) is 3.52. The summed E-state index contributed by atoms with van der Waals surface area (Å²) < 4.78 is 1.62. The first-order chi connectivity index (χ1) is 9.24. The van der Waals surface area contributed by atoms with Crippen LogP contribution in [0.15, 0.2) is 18.5 Å². The monoisotopic (exact) mass is 264 g/mol. The minimum Gasteiger partial charge on any atom is -0.390 e. The third-order valence-corrected chi connectivity index (χ3v) is 4.08. The normalized spacial score (nSPS) is 28.2. The molecule has 0 radical (unpaired) electrons. The van der Waals surface area contributed by atoms with Crippen LogP contribution in [-0.4, -0.2) is 68.9 Å². The summed E-state index contributed by atoms with van der Waals surface area (Å²) in [5, 5.41) is 14.2. The Morgan fingerprint density at radius 1 is 1.32 bits per heavy atom. The van der Waals surface area contributed by atoms with Gasteiger partial charge in [0.2, 0.25) is 5.91 Å². The van der Waals surface area contributed by atoms with E-state index in [1.807, 2.05) is 0 Å². The van der Waals surface area contributed by atoms with Gasteiger partial charge in [-0.05, 0) is 32.0 Å². The van der Waals surface area contributed by atoms with E-state index in [1.165, 1.54) is 12.8 Å². The molecule has 6 heteroatoms. The molecule has 1 aromatic heterocycles. The van der Waals surface area contributed by atoms with E-state index in [0.29, 0.717) is 13.1 Å². The summed E-state index contributed by atoms with van der Waals surface area (Å²) in [6.45, 7) is 3.43. The Morgan fingerprint density at radius 2 is 2.11 bits per heavy atom. The van der Waals surface area contributed by atoms with Gasteiger partial charge >= 0.3 is 0 Å². The van der Waals surface area contributed by atoms with E-state index in [9.17, 15) is 9.90 Å². The number of rotatable bonds is 3. The highest BCUT2D eigenvalue weighted by Crippen LogP contribution is 2.21. The molecule has 1 N–H and O–H groups in total. The maximum absolute atomic E-state index is 12.2. The van der Waals surface area contributed by atoms with Crippen molar-refractivity contribution in [3.63, 3.8) is 0 Å². The van der Waals surface area contributed by atoms with Gasteiger partial charge in [0.15, 0.2) is 0 Å². The molecule has 104 valence electrons. The Morgan fingerprint density at radius 3 is 2.79 bits per heavy atom. The average Bonchev–Trinajstić information content (AvgIpc) is 3.07. The van der Waals surface area contributed by atoms with Crippen LogP contribution in [0.1, 0.15) is 12.8 Å². The van der Waals surface area contributed by atoms with Gasteiger partial charge in [-0.25, -0.2) is 0 Å². The van der Waals surface area contributed by atoms with Crippen molar-refractivity contribution >= 4 is 5.91 Å². The molecule has 2 aliphatic rings. The molecule has 0 saturated carbocycles. The third-order valence-electron chi connectivity index (χ3n) is 4.08. The van der Waals surface area contributed by atoms with E-state index in [1.54, 1.807) is 28.0 Å². The fourth-order valence-electron chi connectivity index (χ4n) is 3.04. The van der Waals surface area contributed by atoms with Crippen LogP contribution in [0.25, 0.3) is 0 Å². The van der Waals surface area contributed by atoms with Gasteiger partial charge in [-0.15, -0.1) is 0 Å². The van der Waals surface area contributed by atoms with Gasteiger partial charge < -0.3 is 10.0 Å². The third kappa shape index (κ3) is 2.64. The molecule has 2 fully saturated rings. The second kappa shape index (κ2) is 5.30. The van der Waals surface area contributed by atoms with Crippen molar-refractivity contribution in [1.82, 2.24) is 19.6 Å². The van der Waals surface area contributed by atoms with E-state index in [4.69, 9.17) is 0 Å². The van der Waals surface area contributed by atoms with Crippen LogP contribution in [0, 0.1) is 0 Å². The van der Waals surface area contributed by atoms with Gasteiger partial charge in [-0.1, -0.05) is 0 Å². The van der Waals surface area contributed by atoms with E-state index >= 15 is 0 Å². The first-order valence-corrected chi connectivity index (χ1v) is 6.91. The Hall–Kier alpha value is -1.40. The van der Waals surface area contributed by atoms with Crippen LogP contribution in [-0.2, 0) is 11.3 Å². The Bertz CT molecular complexity index is 428. The van der Waals surface area contributed by atoms with Crippen molar-refractivity contribution in [3.05, 3.63) is 18.5 Å². The summed E-state index contributed by atoms with van der Waals surface area (Å²) >= 11 is 0. The molecule has 3 rings (SSSR count). The first-order valence-electron chi connectivity index (χ1n) is 6.91. The van der Waals surface area contributed by atoms with Crippen molar-refractivity contribution in [2.45, 2.75) is 31.5 Å². The fraction of sp³-hybridized carbons (Fsp3) is 0.692. The molecular weight excluding hydrogens is 244 g/mol. The summed E-state index contributed by atoms with van der Waals surface area (Å²) in [5.74, 6) is 0.0319. The summed E-state index contributed by atoms with van der Waals surface area (Å²) in [7, 11) is 0. The predicted octanol–water partition coefficient (Wildman–Crippen LogP) is -0.449. The summed E-state index contributed by atoms with van der Waals surface area (Å²) in [4.78, 5) is 16.2. The van der Waals surface area contributed by atoms with Crippen LogP contribution < -0.4 is 0 Å². The van der Waals surface area contributed by atoms with E-state index < -0.39 is 6.10 Å². The fourth-order valence-corrected chi connectivity index (χ4v) is 3.04. The van der Waals surface area contributed by atoms with Crippen molar-refractivity contribution in [3.8, 4) is 0 Å². The quantitative estimate of drug-likeness (QED) is 0.803. The molecule has 6 nitrogen and oxygen atoms in total. The van der Waals surface area contributed by atoms with Crippen LogP contribution in [0.4, 0.5) is 0 Å². The van der Waals surface area contributed by atoms with Gasteiger partial charge in [-0.2, -0.15) is 5.10 Å². The number of β-amino-alcohol motifs (C(OH)–C–C–N with tert-alkyl or cyclic N) is 1. The number of aliphatic hydroxyl groups excluding tert-OH is 1. The number of aromatic nitrogens is 2. The zero-order valence-corrected chi connectivity index (χ0v) is 11.0. The highest BCUT2D eigenvalue weighted by atomic mass is 16.3. The molecule has 2 aliphatic heterocycles. The van der Waals surface area contributed by atoms with Gasteiger partial charge in [0, 0.05) is 25.5 Å². The van der Waals surface area contributed by atoms with Crippen LogP contribution in [0.2, 0.25) is 0 Å². The smallest absolute Gasteiger partial charge is 0.244 e. The lowest BCUT2D eigenvalue weighted by atomic mass is 10.2. The maximum atomic E-state index is 12.2. The lowest BCUT2D eigenvalue weighted by molar-refractivity contribution is -0.131. The number of likely N-dealkylation sites (tertiary alicyclic amines) is 2. The molecule has 1 aromatic rings. The number of carbonyl (C=O) groups is 1. The number of hydrogen-bond acceptors (Lipinski definition) is 4. The van der Waals surface area contributed by atoms with Gasteiger partial charge in [0.05, 0.1) is 12.1 Å². The summed E-state index contributed by atoms with van der Waals surface area (Å²) in [6, 6.07) is 1.92. The second-order valence-corrected chi connectivity index (χ2v) is 5.38. The first kappa shape index (κ1) is 12.6. The van der Waals surface area contributed by atoms with Crippen LogP contribution in [0.3, 0.4) is 0 Å². The van der Waals surface area contributed by atoms with Gasteiger partial charge in [-0.3, -0.25) is 14.4 Å². The van der Waals surface area contributed by atoms with Crippen molar-refractivity contribution in [1.29, 1.82) is 0 Å². The minimum absolute atomic E-state index is 0.0319. The maximum Gasteiger partial charge on any atom is 0.244 e. The van der Waals surface area contributed by atoms with Crippen molar-refractivity contribution < 1.29 is 9.90 Å². The summed E-state index contributed by atoms with van der Waals surface area (Å²) in [5.41, 5.74) is 0. The average molecular weight is 264 g/mol. The molecule has 0 aliphatic carbocycles. The number of aliphatic hydroxyl groups is 1. The lowest BCUT2D eigenvalue weighted by Gasteiger charge is -2.25. The molecule has 2 atom stereocenters. The molecule has 0 aromatic carbocycles. The number of hydrogen-bond donors (Lipinski definition) is 1. The molecule has 3 heterocycles. The second-order valence-electron chi connectivity index (χ2n) is 5.38. The largest absolute Gasteiger partial charge is 0.390 e. The Labute approximate surface area is 112 Å². The molecule has 0 spiro atoms. The van der Waals surface area contributed by atoms with Gasteiger partial charge in [0.1, 0.15) is 6.54 Å². The molecular formula is C13H20N4O2. The minimum atomic E-state index is -0.417. The van der Waals surface area contributed by atoms with E-state index in [0.717, 1.165) is 13.1 Å². The van der Waals surface area contributed by atoms with Gasteiger partial charge in [0.25, 0.3) is 0 Å². The highest BCUT2D eigenvalue weighted by Gasteiger charge is 2.38. The van der Waals surface area contributed by atoms with Crippen molar-refractivity contribution in [2.75, 3.05) is 26.2 Å². The number of nitrogens with zero attached hydrogens (tertiary/aromatic N) is 4. The molecule has 1 amide bonds. The zero-order chi connectivity index (χ0) is 13.2. The zero-order valence-electron chi connectivity index (χ0n) is 11.0. The van der Waals surface area contributed by atoms with Crippen LogP contribution >= 0.6 is 0 Å². The highest BCUT2D eigenvalue weighted by molar-refractivity contribution is 5.76. The molecule has 19 heavy (non-hydrogen) atoms. The predicted molar refractivity (Wildman–Crippen MR) is 69.4 cm³/mol. The molecule has 2 saturated heterocycles. The van der Waals surface area contributed by atoms with E-state index in [2.05, 4.69) is 10.00 Å². The Balaban J connectivity index is 1.59. The van der Waals surface area contributed by atoms with Crippen LogP contribution in [0.5, 0.6) is 0 Å². The molecule has 0 unspecified atom stereocenters. The van der Waals surface area contributed by atoms with Crippen molar-refractivity contribution in [2.24, 2.45) is 0 Å². The molecule has 0 bridgehead atoms. The SMILES string of the molecule is O=C(Cn1cccn1)N1C[C@@H](O)[C@H](N2CCCC2)C1. The lowest BCUT2D eigenvalue weighted by Crippen LogP contribution is -2.41. The van der Waals surface area contributed by atoms with E-state index in [-0.39, 0.29) is 18.5 Å². The summed E-state index contributed by atoms with van der Waals surface area (Å²) in [6.07, 6.45) is 5.43. The standard InChI is InChI=1S/C13H20N4O2/c18-12-9-16(8-11(12)15-5-1-2-6-15)13(19)10-17-7-3-4-14-17/h3-4,7,11-12,18H,1-2,5-6,8-10H2/t11-,12-/m1/s1. The topological polar surface area (TPSA) is 61.6 Å².